The van der Waals surface area contributed by atoms with Crippen LogP contribution in [-0.2, 0) is 9.53 Å². The van der Waals surface area contributed by atoms with Gasteiger partial charge in [-0.2, -0.15) is 0 Å². The maximum absolute atomic E-state index is 12.1. The predicted molar refractivity (Wildman–Crippen MR) is 82.3 cm³/mol. The van der Waals surface area contributed by atoms with Crippen LogP contribution >= 0.6 is 0 Å². The van der Waals surface area contributed by atoms with E-state index in [1.807, 2.05) is 13.8 Å². The third kappa shape index (κ3) is 4.95. The van der Waals surface area contributed by atoms with Crippen LogP contribution in [0.25, 0.3) is 0 Å². The third-order valence-corrected chi connectivity index (χ3v) is 2.78. The molecule has 0 saturated carbocycles. The molecular formula is C16H23NO5. The maximum Gasteiger partial charge on any atom is 0.339 e. The average molecular weight is 309 g/mol. The largest absolute Gasteiger partial charge is 0.490 e. The summed E-state index contributed by atoms with van der Waals surface area (Å²) in [6, 6.07) is 4.80. The van der Waals surface area contributed by atoms with Crippen molar-refractivity contribution >= 4 is 11.9 Å². The van der Waals surface area contributed by atoms with Gasteiger partial charge in [0.2, 0.25) is 0 Å². The van der Waals surface area contributed by atoms with Gasteiger partial charge in [-0.1, -0.05) is 0 Å². The van der Waals surface area contributed by atoms with Crippen molar-refractivity contribution in [1.82, 2.24) is 5.32 Å². The molecule has 0 aromatic heterocycles. The van der Waals surface area contributed by atoms with Gasteiger partial charge in [0.25, 0.3) is 5.91 Å². The first-order chi connectivity index (χ1) is 10.5. The number of rotatable bonds is 8. The smallest absolute Gasteiger partial charge is 0.339 e. The van der Waals surface area contributed by atoms with E-state index in [4.69, 9.17) is 14.2 Å². The molecule has 1 N–H and O–H groups in total. The molecule has 1 rings (SSSR count). The number of benzene rings is 1. The van der Waals surface area contributed by atoms with Crippen LogP contribution in [0.1, 0.15) is 38.1 Å². The SMILES string of the molecule is CCNC(=O)[C@@H](C)OC(=O)c1ccc(OCC)c(OCC)c1. The van der Waals surface area contributed by atoms with E-state index in [0.717, 1.165) is 0 Å². The molecule has 1 atom stereocenters. The standard InChI is InChI=1S/C16H23NO5/c1-5-17-15(18)11(4)22-16(19)12-8-9-13(20-6-2)14(10-12)21-7-3/h8-11H,5-7H2,1-4H3,(H,17,18)/t11-/m1/s1. The fourth-order valence-electron chi connectivity index (χ4n) is 1.78. The Labute approximate surface area is 130 Å². The van der Waals surface area contributed by atoms with E-state index in [1.165, 1.54) is 6.92 Å². The van der Waals surface area contributed by atoms with E-state index in [1.54, 1.807) is 25.1 Å². The minimum Gasteiger partial charge on any atom is -0.490 e. The summed E-state index contributed by atoms with van der Waals surface area (Å²) in [6.07, 6.45) is -0.852. The van der Waals surface area contributed by atoms with Gasteiger partial charge in [0.15, 0.2) is 17.6 Å². The molecule has 6 nitrogen and oxygen atoms in total. The molecule has 0 spiro atoms. The molecule has 0 aliphatic carbocycles. The molecule has 0 fully saturated rings. The Hall–Kier alpha value is -2.24. The van der Waals surface area contributed by atoms with Gasteiger partial charge < -0.3 is 19.5 Å². The highest BCUT2D eigenvalue weighted by Gasteiger charge is 2.19. The fourth-order valence-corrected chi connectivity index (χ4v) is 1.78. The van der Waals surface area contributed by atoms with E-state index in [9.17, 15) is 9.59 Å². The summed E-state index contributed by atoms with van der Waals surface area (Å²) in [5, 5.41) is 2.60. The van der Waals surface area contributed by atoms with E-state index >= 15 is 0 Å². The molecule has 0 aliphatic rings. The molecule has 1 amide bonds. The number of hydrogen-bond donors (Lipinski definition) is 1. The highest BCUT2D eigenvalue weighted by Crippen LogP contribution is 2.28. The van der Waals surface area contributed by atoms with Gasteiger partial charge in [0, 0.05) is 6.54 Å². The van der Waals surface area contributed by atoms with Crippen LogP contribution < -0.4 is 14.8 Å². The highest BCUT2D eigenvalue weighted by molar-refractivity contribution is 5.92. The number of esters is 1. The fraction of sp³-hybridized carbons (Fsp3) is 0.500. The predicted octanol–water partition coefficient (Wildman–Crippen LogP) is 2.17. The molecule has 1 aromatic rings. The topological polar surface area (TPSA) is 73.9 Å². The quantitative estimate of drug-likeness (QED) is 0.745. The lowest BCUT2D eigenvalue weighted by atomic mass is 10.2. The molecule has 0 aliphatic heterocycles. The van der Waals surface area contributed by atoms with Crippen molar-refractivity contribution in [2.75, 3.05) is 19.8 Å². The minimum absolute atomic E-state index is 0.308. The summed E-state index contributed by atoms with van der Waals surface area (Å²) in [4.78, 5) is 23.7. The van der Waals surface area contributed by atoms with E-state index in [2.05, 4.69) is 5.32 Å². The molecule has 0 heterocycles. The molecule has 0 radical (unpaired) electrons. The first-order valence-electron chi connectivity index (χ1n) is 7.41. The molecule has 1 aromatic carbocycles. The van der Waals surface area contributed by atoms with Crippen molar-refractivity contribution in [2.45, 2.75) is 33.8 Å². The molecule has 122 valence electrons. The van der Waals surface area contributed by atoms with Crippen molar-refractivity contribution in [3.05, 3.63) is 23.8 Å². The number of ether oxygens (including phenoxy) is 3. The van der Waals surface area contributed by atoms with Crippen molar-refractivity contribution in [3.8, 4) is 11.5 Å². The van der Waals surface area contributed by atoms with Crippen LogP contribution in [-0.4, -0.2) is 37.7 Å². The molecule has 0 bridgehead atoms. The van der Waals surface area contributed by atoms with Gasteiger partial charge in [-0.3, -0.25) is 4.79 Å². The normalized spacial score (nSPS) is 11.5. The summed E-state index contributed by atoms with van der Waals surface area (Å²) in [5.41, 5.74) is 0.308. The van der Waals surface area contributed by atoms with Crippen LogP contribution in [0, 0.1) is 0 Å². The van der Waals surface area contributed by atoms with Crippen molar-refractivity contribution in [1.29, 1.82) is 0 Å². The summed E-state index contributed by atoms with van der Waals surface area (Å²) >= 11 is 0. The second-order valence-corrected chi connectivity index (χ2v) is 4.47. The molecule has 22 heavy (non-hydrogen) atoms. The number of nitrogens with one attached hydrogen (secondary N) is 1. The van der Waals surface area contributed by atoms with Crippen molar-refractivity contribution in [2.24, 2.45) is 0 Å². The Morgan fingerprint density at radius 2 is 1.73 bits per heavy atom. The molecule has 0 unspecified atom stereocenters. The van der Waals surface area contributed by atoms with Crippen molar-refractivity contribution < 1.29 is 23.8 Å². The number of amides is 1. The summed E-state index contributed by atoms with van der Waals surface area (Å²) in [7, 11) is 0. The highest BCUT2D eigenvalue weighted by atomic mass is 16.5. The van der Waals surface area contributed by atoms with Gasteiger partial charge in [-0.05, 0) is 45.9 Å². The first-order valence-corrected chi connectivity index (χ1v) is 7.41. The lowest BCUT2D eigenvalue weighted by Crippen LogP contribution is -2.35. The van der Waals surface area contributed by atoms with E-state index < -0.39 is 12.1 Å². The number of carbonyl (C=O) groups is 2. The Morgan fingerprint density at radius 3 is 2.32 bits per heavy atom. The monoisotopic (exact) mass is 309 g/mol. The lowest BCUT2D eigenvalue weighted by molar-refractivity contribution is -0.128. The number of hydrogen-bond acceptors (Lipinski definition) is 5. The van der Waals surface area contributed by atoms with Crippen LogP contribution in [0.5, 0.6) is 11.5 Å². The zero-order chi connectivity index (χ0) is 16.5. The van der Waals surface area contributed by atoms with Gasteiger partial charge in [0.05, 0.1) is 18.8 Å². The van der Waals surface area contributed by atoms with Crippen LogP contribution in [0.2, 0.25) is 0 Å². The van der Waals surface area contributed by atoms with Crippen LogP contribution in [0.15, 0.2) is 18.2 Å². The van der Waals surface area contributed by atoms with Gasteiger partial charge in [0.1, 0.15) is 0 Å². The maximum atomic E-state index is 12.1. The number of likely N-dealkylation sites (N-methyl/N-ethyl adjacent to an activating group) is 1. The molecule has 6 heteroatoms. The van der Waals surface area contributed by atoms with E-state index in [0.29, 0.717) is 36.8 Å². The molecule has 0 saturated heterocycles. The van der Waals surface area contributed by atoms with Gasteiger partial charge in [-0.25, -0.2) is 4.79 Å². The zero-order valence-corrected chi connectivity index (χ0v) is 13.5. The third-order valence-electron chi connectivity index (χ3n) is 2.78. The Morgan fingerprint density at radius 1 is 1.09 bits per heavy atom. The van der Waals surface area contributed by atoms with Crippen LogP contribution in [0.3, 0.4) is 0 Å². The average Bonchev–Trinajstić information content (AvgIpc) is 2.49. The van der Waals surface area contributed by atoms with E-state index in [-0.39, 0.29) is 5.91 Å². The van der Waals surface area contributed by atoms with Crippen molar-refractivity contribution in [3.63, 3.8) is 0 Å². The summed E-state index contributed by atoms with van der Waals surface area (Å²) in [5.74, 6) is 0.136. The minimum atomic E-state index is -0.852. The number of carbonyl (C=O) groups excluding carboxylic acids is 2. The Kier molecular flexibility index (Phi) is 7.22. The lowest BCUT2D eigenvalue weighted by Gasteiger charge is -2.14. The Bertz CT molecular complexity index is 515. The summed E-state index contributed by atoms with van der Waals surface area (Å²) < 4.78 is 16.0. The second-order valence-electron chi connectivity index (χ2n) is 4.47. The zero-order valence-electron chi connectivity index (χ0n) is 13.5. The van der Waals surface area contributed by atoms with Gasteiger partial charge in [-0.15, -0.1) is 0 Å². The second kappa shape index (κ2) is 8.92. The molecular weight excluding hydrogens is 286 g/mol. The first kappa shape index (κ1) is 17.8. The Balaban J connectivity index is 2.84. The van der Waals surface area contributed by atoms with Gasteiger partial charge >= 0.3 is 5.97 Å². The summed E-state index contributed by atoms with van der Waals surface area (Å²) in [6.45, 7) is 8.47. The van der Waals surface area contributed by atoms with Crippen LogP contribution in [0.4, 0.5) is 0 Å².